The van der Waals surface area contributed by atoms with Crippen LogP contribution in [0.2, 0.25) is 0 Å². The Hall–Kier alpha value is -2.87. The van der Waals surface area contributed by atoms with E-state index >= 15 is 0 Å². The number of hydrogen-bond donors (Lipinski definition) is 2. The molecular formula is C19H22N4O3S. The Morgan fingerprint density at radius 3 is 2.81 bits per heavy atom. The fraction of sp³-hybridized carbons (Fsp3) is 0.316. The van der Waals surface area contributed by atoms with E-state index < -0.39 is 0 Å². The summed E-state index contributed by atoms with van der Waals surface area (Å²) in [6.45, 7) is 2.07. The van der Waals surface area contributed by atoms with E-state index in [-0.39, 0.29) is 18.5 Å². The van der Waals surface area contributed by atoms with Crippen LogP contribution in [0.1, 0.15) is 19.1 Å². The molecule has 142 valence electrons. The zero-order valence-electron chi connectivity index (χ0n) is 15.3. The number of aromatic amines is 1. The number of aromatic nitrogens is 3. The molecule has 0 aliphatic heterocycles. The van der Waals surface area contributed by atoms with Gasteiger partial charge in [0.05, 0.1) is 13.4 Å². The SMILES string of the molecule is COc1ccc(-c2n[nH]c(=S)n2CC(=O)NC(C)CCc2ccco2)cc1. The molecule has 0 saturated heterocycles. The van der Waals surface area contributed by atoms with Gasteiger partial charge in [-0.15, -0.1) is 0 Å². The van der Waals surface area contributed by atoms with Crippen molar-refractivity contribution in [1.29, 1.82) is 0 Å². The topological polar surface area (TPSA) is 85.1 Å². The van der Waals surface area contributed by atoms with Gasteiger partial charge in [0.1, 0.15) is 18.1 Å². The normalized spacial score (nSPS) is 11.9. The van der Waals surface area contributed by atoms with Gasteiger partial charge in [-0.25, -0.2) is 0 Å². The number of nitrogens with one attached hydrogen (secondary N) is 2. The third-order valence-corrected chi connectivity index (χ3v) is 4.53. The van der Waals surface area contributed by atoms with Crippen molar-refractivity contribution < 1.29 is 13.9 Å². The molecule has 0 bridgehead atoms. The molecule has 7 nitrogen and oxygen atoms in total. The fourth-order valence-corrected chi connectivity index (χ4v) is 2.97. The van der Waals surface area contributed by atoms with Gasteiger partial charge in [-0.05, 0) is 62.0 Å². The molecule has 0 radical (unpaired) electrons. The second kappa shape index (κ2) is 8.68. The van der Waals surface area contributed by atoms with E-state index in [0.29, 0.717) is 10.6 Å². The van der Waals surface area contributed by atoms with Gasteiger partial charge in [0, 0.05) is 18.0 Å². The first-order valence-electron chi connectivity index (χ1n) is 8.68. The van der Waals surface area contributed by atoms with Gasteiger partial charge in [0.2, 0.25) is 5.91 Å². The van der Waals surface area contributed by atoms with E-state index in [4.69, 9.17) is 21.4 Å². The Morgan fingerprint density at radius 2 is 2.15 bits per heavy atom. The number of hydrogen-bond acceptors (Lipinski definition) is 5. The summed E-state index contributed by atoms with van der Waals surface area (Å²) in [5.41, 5.74) is 0.849. The molecule has 27 heavy (non-hydrogen) atoms. The lowest BCUT2D eigenvalue weighted by molar-refractivity contribution is -0.122. The molecule has 0 aliphatic carbocycles. The number of carbonyl (C=O) groups excluding carboxylic acids is 1. The lowest BCUT2D eigenvalue weighted by Crippen LogP contribution is -2.35. The third-order valence-electron chi connectivity index (χ3n) is 4.22. The quantitative estimate of drug-likeness (QED) is 0.580. The Bertz CT molecular complexity index is 929. The van der Waals surface area contributed by atoms with E-state index in [1.165, 1.54) is 0 Å². The van der Waals surface area contributed by atoms with Crippen molar-refractivity contribution in [3.05, 3.63) is 53.2 Å². The molecule has 2 heterocycles. The molecule has 3 aromatic rings. The summed E-state index contributed by atoms with van der Waals surface area (Å²) in [5, 5.41) is 10.0. The third kappa shape index (κ3) is 4.85. The van der Waals surface area contributed by atoms with Crippen LogP contribution in [0, 0.1) is 4.77 Å². The maximum Gasteiger partial charge on any atom is 0.240 e. The van der Waals surface area contributed by atoms with E-state index in [9.17, 15) is 4.79 Å². The molecule has 2 N–H and O–H groups in total. The van der Waals surface area contributed by atoms with Gasteiger partial charge in [-0.2, -0.15) is 5.10 Å². The average molecular weight is 386 g/mol. The molecular weight excluding hydrogens is 364 g/mol. The van der Waals surface area contributed by atoms with E-state index in [0.717, 1.165) is 29.9 Å². The number of methoxy groups -OCH3 is 1. The second-order valence-corrected chi connectivity index (χ2v) is 6.64. The molecule has 1 atom stereocenters. The van der Waals surface area contributed by atoms with Crippen LogP contribution in [-0.2, 0) is 17.8 Å². The minimum Gasteiger partial charge on any atom is -0.497 e. The molecule has 1 aromatic carbocycles. The minimum atomic E-state index is -0.116. The average Bonchev–Trinajstić information content (AvgIpc) is 3.31. The first kappa shape index (κ1) is 18.9. The largest absolute Gasteiger partial charge is 0.497 e. The summed E-state index contributed by atoms with van der Waals surface area (Å²) in [7, 11) is 1.61. The van der Waals surface area contributed by atoms with Crippen LogP contribution in [0.4, 0.5) is 0 Å². The van der Waals surface area contributed by atoms with Crippen LogP contribution < -0.4 is 10.1 Å². The Kier molecular flexibility index (Phi) is 6.08. The van der Waals surface area contributed by atoms with Crippen molar-refractivity contribution in [1.82, 2.24) is 20.1 Å². The van der Waals surface area contributed by atoms with Crippen LogP contribution in [0.15, 0.2) is 47.1 Å². The standard InChI is InChI=1S/C19H22N4O3S/c1-13(5-8-16-4-3-11-26-16)20-17(24)12-23-18(21-22-19(23)27)14-6-9-15(25-2)10-7-14/h3-4,6-7,9-11,13H,5,8,12H2,1-2H3,(H,20,24)(H,22,27). The van der Waals surface area contributed by atoms with Gasteiger partial charge in [0.15, 0.2) is 10.6 Å². The molecule has 3 rings (SSSR count). The highest BCUT2D eigenvalue weighted by Crippen LogP contribution is 2.20. The molecule has 0 aliphatic rings. The summed E-state index contributed by atoms with van der Waals surface area (Å²) in [6, 6.07) is 11.3. The maximum atomic E-state index is 12.5. The van der Waals surface area contributed by atoms with Crippen LogP contribution in [0.25, 0.3) is 11.4 Å². The van der Waals surface area contributed by atoms with Gasteiger partial charge in [-0.1, -0.05) is 0 Å². The highest BCUT2D eigenvalue weighted by atomic mass is 32.1. The van der Waals surface area contributed by atoms with E-state index in [1.54, 1.807) is 17.9 Å². The summed E-state index contributed by atoms with van der Waals surface area (Å²) >= 11 is 5.29. The van der Waals surface area contributed by atoms with Gasteiger partial charge in [-0.3, -0.25) is 14.5 Å². The predicted octanol–water partition coefficient (Wildman–Crippen LogP) is 3.35. The monoisotopic (exact) mass is 386 g/mol. The highest BCUT2D eigenvalue weighted by Gasteiger charge is 2.14. The van der Waals surface area contributed by atoms with Gasteiger partial charge >= 0.3 is 0 Å². The second-order valence-electron chi connectivity index (χ2n) is 6.25. The van der Waals surface area contributed by atoms with E-state index in [2.05, 4.69) is 15.5 Å². The van der Waals surface area contributed by atoms with Crippen LogP contribution >= 0.6 is 12.2 Å². The van der Waals surface area contributed by atoms with Crippen molar-refractivity contribution in [2.45, 2.75) is 32.4 Å². The molecule has 1 unspecified atom stereocenters. The smallest absolute Gasteiger partial charge is 0.240 e. The first-order chi connectivity index (χ1) is 13.1. The number of H-pyrrole nitrogens is 1. The van der Waals surface area contributed by atoms with Crippen molar-refractivity contribution in [3.63, 3.8) is 0 Å². The number of furan rings is 1. The first-order valence-corrected chi connectivity index (χ1v) is 9.09. The fourth-order valence-electron chi connectivity index (χ4n) is 2.77. The zero-order valence-corrected chi connectivity index (χ0v) is 16.1. The summed E-state index contributed by atoms with van der Waals surface area (Å²) in [4.78, 5) is 12.5. The zero-order chi connectivity index (χ0) is 19.2. The molecule has 0 fully saturated rings. The number of nitrogens with zero attached hydrogens (tertiary/aromatic N) is 2. The number of ether oxygens (including phenoxy) is 1. The summed E-state index contributed by atoms with van der Waals surface area (Å²) in [6.07, 6.45) is 3.22. The predicted molar refractivity (Wildman–Crippen MR) is 104 cm³/mol. The lowest BCUT2D eigenvalue weighted by Gasteiger charge is -2.14. The van der Waals surface area contributed by atoms with Crippen molar-refractivity contribution in [2.75, 3.05) is 7.11 Å². The minimum absolute atomic E-state index is 0.0214. The molecule has 2 aromatic heterocycles. The molecule has 0 saturated carbocycles. The molecule has 1 amide bonds. The van der Waals surface area contributed by atoms with Gasteiger partial charge in [0.25, 0.3) is 0 Å². The van der Waals surface area contributed by atoms with Crippen molar-refractivity contribution >= 4 is 18.1 Å². The Balaban J connectivity index is 1.63. The van der Waals surface area contributed by atoms with Crippen LogP contribution in [0.5, 0.6) is 5.75 Å². The van der Waals surface area contributed by atoms with Gasteiger partial charge < -0.3 is 14.5 Å². The maximum absolute atomic E-state index is 12.5. The number of amides is 1. The summed E-state index contributed by atoms with van der Waals surface area (Å²) < 4.78 is 12.6. The van der Waals surface area contributed by atoms with Crippen molar-refractivity contribution in [2.24, 2.45) is 0 Å². The molecule has 8 heteroatoms. The Labute approximate surface area is 162 Å². The van der Waals surface area contributed by atoms with Crippen molar-refractivity contribution in [3.8, 4) is 17.1 Å². The number of benzene rings is 1. The molecule has 0 spiro atoms. The van der Waals surface area contributed by atoms with Crippen LogP contribution in [0.3, 0.4) is 0 Å². The van der Waals surface area contributed by atoms with E-state index in [1.807, 2.05) is 43.3 Å². The lowest BCUT2D eigenvalue weighted by atomic mass is 10.1. The Morgan fingerprint density at radius 1 is 1.37 bits per heavy atom. The summed E-state index contributed by atoms with van der Waals surface area (Å²) in [5.74, 6) is 2.16. The highest BCUT2D eigenvalue weighted by molar-refractivity contribution is 7.71. The number of carbonyl (C=O) groups is 1. The number of rotatable bonds is 8. The number of aryl methyl sites for hydroxylation is 1. The van der Waals surface area contributed by atoms with Crippen LogP contribution in [-0.4, -0.2) is 33.8 Å².